The summed E-state index contributed by atoms with van der Waals surface area (Å²) in [6.45, 7) is 0.169. The van der Waals surface area contributed by atoms with Crippen molar-refractivity contribution in [2.75, 3.05) is 26.0 Å². The van der Waals surface area contributed by atoms with Gasteiger partial charge < -0.3 is 25.1 Å². The van der Waals surface area contributed by atoms with Crippen LogP contribution in [0.1, 0.15) is 16.1 Å². The summed E-state index contributed by atoms with van der Waals surface area (Å²) < 4.78 is 10.5. The molecule has 130 valence electrons. The van der Waals surface area contributed by atoms with Gasteiger partial charge in [-0.1, -0.05) is 6.07 Å². The first-order chi connectivity index (χ1) is 11.0. The molecule has 0 bridgehead atoms. The van der Waals surface area contributed by atoms with Crippen molar-refractivity contribution in [3.8, 4) is 5.75 Å². The Morgan fingerprint density at radius 3 is 2.67 bits per heavy atom. The number of amides is 2. The maximum atomic E-state index is 12.1. The Morgan fingerprint density at radius 2 is 2.04 bits per heavy atom. The van der Waals surface area contributed by atoms with Crippen LogP contribution in [-0.4, -0.2) is 37.4 Å². The number of nitrogens with zero attached hydrogens (tertiary/aromatic N) is 1. The van der Waals surface area contributed by atoms with Gasteiger partial charge in [0.2, 0.25) is 0 Å². The molecule has 0 aliphatic carbocycles. The molecule has 0 saturated carbocycles. The molecule has 0 unspecified atom stereocenters. The Bertz CT molecular complexity index is 700. The van der Waals surface area contributed by atoms with Crippen molar-refractivity contribution in [3.05, 3.63) is 47.9 Å². The van der Waals surface area contributed by atoms with Gasteiger partial charge >= 0.3 is 0 Å². The van der Waals surface area contributed by atoms with E-state index in [0.717, 1.165) is 0 Å². The summed E-state index contributed by atoms with van der Waals surface area (Å²) in [4.78, 5) is 25.0. The number of anilines is 1. The van der Waals surface area contributed by atoms with Gasteiger partial charge in [-0.2, -0.15) is 0 Å². The Kier molecular flexibility index (Phi) is 7.29. The summed E-state index contributed by atoms with van der Waals surface area (Å²) in [7, 11) is 3.31. The zero-order valence-corrected chi connectivity index (χ0v) is 14.3. The first-order valence-electron chi connectivity index (χ1n) is 7.01. The minimum atomic E-state index is -0.310. The minimum Gasteiger partial charge on any atom is -0.484 e. The van der Waals surface area contributed by atoms with Crippen molar-refractivity contribution in [3.63, 3.8) is 0 Å². The van der Waals surface area contributed by atoms with Crippen LogP contribution in [0.25, 0.3) is 0 Å². The molecule has 0 fully saturated rings. The van der Waals surface area contributed by atoms with Gasteiger partial charge in [-0.05, 0) is 18.2 Å². The fourth-order valence-electron chi connectivity index (χ4n) is 1.75. The zero-order chi connectivity index (χ0) is 16.8. The van der Waals surface area contributed by atoms with Crippen molar-refractivity contribution in [1.29, 1.82) is 0 Å². The smallest absolute Gasteiger partial charge is 0.259 e. The highest BCUT2D eigenvalue weighted by molar-refractivity contribution is 6.04. The lowest BCUT2D eigenvalue weighted by Crippen LogP contribution is -2.27. The monoisotopic (exact) mass is 353 g/mol. The molecule has 0 aliphatic rings. The summed E-state index contributed by atoms with van der Waals surface area (Å²) in [6.07, 6.45) is 1.35. The summed E-state index contributed by atoms with van der Waals surface area (Å²) in [5, 5.41) is 2.73. The van der Waals surface area contributed by atoms with E-state index in [1.54, 1.807) is 44.4 Å². The van der Waals surface area contributed by atoms with Crippen LogP contribution in [-0.2, 0) is 11.3 Å². The summed E-state index contributed by atoms with van der Waals surface area (Å²) in [5.41, 5.74) is 6.39. The molecule has 1 aromatic carbocycles. The summed E-state index contributed by atoms with van der Waals surface area (Å²) in [6, 6.07) is 8.40. The molecule has 0 saturated heterocycles. The second-order valence-corrected chi connectivity index (χ2v) is 5.06. The summed E-state index contributed by atoms with van der Waals surface area (Å²) >= 11 is 0. The van der Waals surface area contributed by atoms with Gasteiger partial charge in [-0.25, -0.2) is 0 Å². The number of ether oxygens (including phenoxy) is 1. The number of carbonyl (C=O) groups is 2. The fraction of sp³-hybridized carbons (Fsp3) is 0.250. The maximum Gasteiger partial charge on any atom is 0.259 e. The van der Waals surface area contributed by atoms with Crippen LogP contribution in [0, 0.1) is 0 Å². The largest absolute Gasteiger partial charge is 0.484 e. The number of hydrogen-bond donors (Lipinski definition) is 2. The lowest BCUT2D eigenvalue weighted by atomic mass is 10.2. The zero-order valence-electron chi connectivity index (χ0n) is 13.4. The average molecular weight is 354 g/mol. The normalized spacial score (nSPS) is 9.79. The number of hydrogen-bond acceptors (Lipinski definition) is 5. The van der Waals surface area contributed by atoms with E-state index in [1.165, 1.54) is 11.2 Å². The van der Waals surface area contributed by atoms with E-state index in [4.69, 9.17) is 14.9 Å². The van der Waals surface area contributed by atoms with E-state index in [-0.39, 0.29) is 37.4 Å². The van der Waals surface area contributed by atoms with Crippen molar-refractivity contribution in [1.82, 2.24) is 4.90 Å². The van der Waals surface area contributed by atoms with Crippen LogP contribution in [0.5, 0.6) is 5.75 Å². The number of furan rings is 1. The van der Waals surface area contributed by atoms with E-state index >= 15 is 0 Å². The Labute approximate surface area is 146 Å². The van der Waals surface area contributed by atoms with Gasteiger partial charge in [-0.15, -0.1) is 12.4 Å². The molecule has 3 N–H and O–H groups in total. The molecule has 8 heteroatoms. The standard InChI is InChI=1S/C16H19N3O4.ClH/c1-19(2)15(20)10-23-13-5-3-4-12(7-13)18-16(21)11-6-14(8-17)22-9-11;/h3-7,9H,8,10,17H2,1-2H3,(H,18,21);1H. The molecule has 0 spiro atoms. The first kappa shape index (κ1) is 19.5. The van der Waals surface area contributed by atoms with Crippen molar-refractivity contribution >= 4 is 29.9 Å². The predicted octanol–water partition coefficient (Wildman–Crippen LogP) is 1.88. The number of likely N-dealkylation sites (N-methyl/N-ethyl adjacent to an activating group) is 1. The van der Waals surface area contributed by atoms with Crippen LogP contribution < -0.4 is 15.8 Å². The lowest BCUT2D eigenvalue weighted by Gasteiger charge is -2.12. The van der Waals surface area contributed by atoms with Crippen LogP contribution >= 0.6 is 12.4 Å². The second-order valence-electron chi connectivity index (χ2n) is 5.06. The maximum absolute atomic E-state index is 12.1. The molecule has 24 heavy (non-hydrogen) atoms. The van der Waals surface area contributed by atoms with E-state index in [0.29, 0.717) is 22.8 Å². The van der Waals surface area contributed by atoms with Crippen LogP contribution in [0.2, 0.25) is 0 Å². The van der Waals surface area contributed by atoms with Crippen molar-refractivity contribution in [2.45, 2.75) is 6.54 Å². The third-order valence-corrected chi connectivity index (χ3v) is 3.07. The molecule has 1 aromatic heterocycles. The van der Waals surface area contributed by atoms with Crippen LogP contribution in [0.15, 0.2) is 41.0 Å². The number of halogens is 1. The SMILES string of the molecule is CN(C)C(=O)COc1cccc(NC(=O)c2coc(CN)c2)c1.Cl. The number of rotatable bonds is 6. The van der Waals surface area contributed by atoms with Gasteiger partial charge in [0.1, 0.15) is 17.8 Å². The van der Waals surface area contributed by atoms with E-state index in [1.807, 2.05) is 0 Å². The first-order valence-corrected chi connectivity index (χ1v) is 7.01. The molecule has 2 aromatic rings. The highest BCUT2D eigenvalue weighted by atomic mass is 35.5. The Hall–Kier alpha value is -2.51. The summed E-state index contributed by atoms with van der Waals surface area (Å²) in [5.74, 6) is 0.574. The molecule has 0 atom stereocenters. The fourth-order valence-corrected chi connectivity index (χ4v) is 1.75. The quantitative estimate of drug-likeness (QED) is 0.826. The lowest BCUT2D eigenvalue weighted by molar-refractivity contribution is -0.130. The molecule has 0 radical (unpaired) electrons. The van der Waals surface area contributed by atoms with Gasteiger partial charge in [0.25, 0.3) is 11.8 Å². The topological polar surface area (TPSA) is 97.8 Å². The highest BCUT2D eigenvalue weighted by Crippen LogP contribution is 2.18. The van der Waals surface area contributed by atoms with Gasteiger partial charge in [0.05, 0.1) is 12.1 Å². The third-order valence-electron chi connectivity index (χ3n) is 3.07. The molecular formula is C16H20ClN3O4. The van der Waals surface area contributed by atoms with Gasteiger partial charge in [0.15, 0.2) is 6.61 Å². The second kappa shape index (κ2) is 8.95. The van der Waals surface area contributed by atoms with E-state index in [9.17, 15) is 9.59 Å². The van der Waals surface area contributed by atoms with Gasteiger partial charge in [-0.3, -0.25) is 9.59 Å². The molecule has 7 nitrogen and oxygen atoms in total. The molecular weight excluding hydrogens is 334 g/mol. The Morgan fingerprint density at radius 1 is 1.29 bits per heavy atom. The number of benzene rings is 1. The van der Waals surface area contributed by atoms with Crippen LogP contribution in [0.4, 0.5) is 5.69 Å². The predicted molar refractivity (Wildman–Crippen MR) is 92.4 cm³/mol. The third kappa shape index (κ3) is 5.29. The number of nitrogens with one attached hydrogen (secondary N) is 1. The van der Waals surface area contributed by atoms with Crippen molar-refractivity contribution in [2.24, 2.45) is 5.73 Å². The molecule has 1 heterocycles. The molecule has 2 amide bonds. The van der Waals surface area contributed by atoms with Gasteiger partial charge in [0, 0.05) is 25.8 Å². The van der Waals surface area contributed by atoms with E-state index < -0.39 is 0 Å². The van der Waals surface area contributed by atoms with Crippen molar-refractivity contribution < 1.29 is 18.7 Å². The average Bonchev–Trinajstić information content (AvgIpc) is 3.02. The highest BCUT2D eigenvalue weighted by Gasteiger charge is 2.11. The number of carbonyl (C=O) groups excluding carboxylic acids is 2. The number of nitrogens with two attached hydrogens (primary N) is 1. The molecule has 0 aliphatic heterocycles. The minimum absolute atomic E-state index is 0. The Balaban J connectivity index is 0.00000288. The van der Waals surface area contributed by atoms with E-state index in [2.05, 4.69) is 5.32 Å². The van der Waals surface area contributed by atoms with Crippen LogP contribution in [0.3, 0.4) is 0 Å². The molecule has 2 rings (SSSR count).